The standard InChI is InChI=1S/C34H31N5O7/c1-4-45-31-21-24(12-19-30(31)46-34(42)26-13-17-28(18-14-26)39(43)44)22-35-37-33(41)29(36-32(40)25-8-6-5-7-9-25)20-23-10-15-27(16-11-23)38(2)3/h5-22H,4H2,1-3H3,(H,36,40)(H,37,41)/b29-20-,35-22+. The first-order valence-corrected chi connectivity index (χ1v) is 14.1. The van der Waals surface area contributed by atoms with E-state index >= 15 is 0 Å². The van der Waals surface area contributed by atoms with Gasteiger partial charge in [-0.25, -0.2) is 10.2 Å². The second kappa shape index (κ2) is 15.4. The first-order valence-electron chi connectivity index (χ1n) is 14.1. The van der Waals surface area contributed by atoms with E-state index in [1.807, 2.05) is 43.3 Å². The number of carbonyl (C=O) groups is 3. The van der Waals surface area contributed by atoms with E-state index in [4.69, 9.17) is 9.47 Å². The molecule has 4 rings (SSSR count). The highest BCUT2D eigenvalue weighted by Gasteiger charge is 2.16. The number of anilines is 1. The summed E-state index contributed by atoms with van der Waals surface area (Å²) >= 11 is 0. The fourth-order valence-electron chi connectivity index (χ4n) is 4.04. The Morgan fingerprint density at radius 2 is 1.54 bits per heavy atom. The molecule has 12 nitrogen and oxygen atoms in total. The Balaban J connectivity index is 1.50. The molecule has 234 valence electrons. The van der Waals surface area contributed by atoms with Gasteiger partial charge in [0.2, 0.25) is 0 Å². The van der Waals surface area contributed by atoms with Gasteiger partial charge < -0.3 is 19.7 Å². The topological polar surface area (TPSA) is 152 Å². The molecule has 0 spiro atoms. The molecule has 0 saturated heterocycles. The summed E-state index contributed by atoms with van der Waals surface area (Å²) in [6, 6.07) is 25.6. The van der Waals surface area contributed by atoms with Gasteiger partial charge in [0.05, 0.1) is 23.3 Å². The van der Waals surface area contributed by atoms with Crippen molar-refractivity contribution in [3.8, 4) is 11.5 Å². The zero-order valence-electron chi connectivity index (χ0n) is 25.3. The highest BCUT2D eigenvalue weighted by Crippen LogP contribution is 2.29. The Morgan fingerprint density at radius 3 is 2.17 bits per heavy atom. The van der Waals surface area contributed by atoms with Gasteiger partial charge in [-0.2, -0.15) is 5.10 Å². The van der Waals surface area contributed by atoms with E-state index in [9.17, 15) is 24.5 Å². The summed E-state index contributed by atoms with van der Waals surface area (Å²) in [5.41, 5.74) is 4.94. The highest BCUT2D eigenvalue weighted by molar-refractivity contribution is 6.05. The second-order valence-corrected chi connectivity index (χ2v) is 9.90. The van der Waals surface area contributed by atoms with Crippen LogP contribution >= 0.6 is 0 Å². The van der Waals surface area contributed by atoms with Crippen LogP contribution in [-0.4, -0.2) is 49.6 Å². The molecule has 0 unspecified atom stereocenters. The molecular formula is C34H31N5O7. The molecule has 46 heavy (non-hydrogen) atoms. The van der Waals surface area contributed by atoms with Gasteiger partial charge in [-0.1, -0.05) is 30.3 Å². The number of amides is 2. The lowest BCUT2D eigenvalue weighted by molar-refractivity contribution is -0.384. The largest absolute Gasteiger partial charge is 0.490 e. The second-order valence-electron chi connectivity index (χ2n) is 9.90. The molecule has 2 N–H and O–H groups in total. The Hall–Kier alpha value is -6.30. The van der Waals surface area contributed by atoms with Crippen LogP contribution < -0.4 is 25.1 Å². The van der Waals surface area contributed by atoms with Gasteiger partial charge >= 0.3 is 5.97 Å². The molecular weight excluding hydrogens is 590 g/mol. The van der Waals surface area contributed by atoms with Crippen molar-refractivity contribution >= 4 is 41.4 Å². The van der Waals surface area contributed by atoms with Crippen LogP contribution in [0.15, 0.2) is 108 Å². The van der Waals surface area contributed by atoms with Gasteiger partial charge in [-0.15, -0.1) is 0 Å². The average Bonchev–Trinajstić information content (AvgIpc) is 3.06. The minimum atomic E-state index is -0.724. The van der Waals surface area contributed by atoms with E-state index in [-0.39, 0.29) is 35.1 Å². The molecule has 0 saturated carbocycles. The summed E-state index contributed by atoms with van der Waals surface area (Å²) in [5, 5.41) is 17.6. The fraction of sp³-hybridized carbons (Fsp3) is 0.118. The van der Waals surface area contributed by atoms with Crippen LogP contribution in [0.2, 0.25) is 0 Å². The molecule has 0 aromatic heterocycles. The zero-order chi connectivity index (χ0) is 33.1. The lowest BCUT2D eigenvalue weighted by atomic mass is 10.1. The number of benzene rings is 4. The van der Waals surface area contributed by atoms with Crippen molar-refractivity contribution in [2.24, 2.45) is 5.10 Å². The summed E-state index contributed by atoms with van der Waals surface area (Å²) in [6.45, 7) is 2.03. The van der Waals surface area contributed by atoms with Crippen molar-refractivity contribution < 1.29 is 28.8 Å². The average molecular weight is 622 g/mol. The van der Waals surface area contributed by atoms with Crippen molar-refractivity contribution in [3.05, 3.63) is 135 Å². The molecule has 4 aromatic rings. The summed E-state index contributed by atoms with van der Waals surface area (Å²) in [4.78, 5) is 51.0. The first-order chi connectivity index (χ1) is 22.1. The van der Waals surface area contributed by atoms with Crippen LogP contribution in [0.25, 0.3) is 6.08 Å². The predicted molar refractivity (Wildman–Crippen MR) is 174 cm³/mol. The van der Waals surface area contributed by atoms with Crippen molar-refractivity contribution in [3.63, 3.8) is 0 Å². The monoisotopic (exact) mass is 621 g/mol. The van der Waals surface area contributed by atoms with E-state index in [1.54, 1.807) is 55.5 Å². The van der Waals surface area contributed by atoms with Crippen molar-refractivity contribution in [1.82, 2.24) is 10.7 Å². The lowest BCUT2D eigenvalue weighted by Crippen LogP contribution is -2.32. The summed E-state index contributed by atoms with van der Waals surface area (Å²) in [6.07, 6.45) is 2.91. The number of nitro groups is 1. The molecule has 0 heterocycles. The zero-order valence-corrected chi connectivity index (χ0v) is 25.3. The van der Waals surface area contributed by atoms with E-state index in [0.717, 1.165) is 5.69 Å². The van der Waals surface area contributed by atoms with Crippen LogP contribution in [0.4, 0.5) is 11.4 Å². The predicted octanol–water partition coefficient (Wildman–Crippen LogP) is 5.20. The van der Waals surface area contributed by atoms with Gasteiger partial charge in [0.25, 0.3) is 17.5 Å². The first kappa shape index (κ1) is 32.6. The van der Waals surface area contributed by atoms with Crippen LogP contribution in [0.3, 0.4) is 0 Å². The minimum Gasteiger partial charge on any atom is -0.490 e. The van der Waals surface area contributed by atoms with Gasteiger partial charge in [-0.3, -0.25) is 19.7 Å². The van der Waals surface area contributed by atoms with E-state index in [2.05, 4.69) is 15.8 Å². The minimum absolute atomic E-state index is 0.0212. The van der Waals surface area contributed by atoms with Crippen molar-refractivity contribution in [2.75, 3.05) is 25.6 Å². The fourth-order valence-corrected chi connectivity index (χ4v) is 4.04. The number of nitrogens with one attached hydrogen (secondary N) is 2. The van der Waals surface area contributed by atoms with Crippen LogP contribution in [0.5, 0.6) is 11.5 Å². The number of carbonyl (C=O) groups excluding carboxylic acids is 3. The summed E-state index contributed by atoms with van der Waals surface area (Å²) < 4.78 is 11.1. The molecule has 0 atom stereocenters. The molecule has 12 heteroatoms. The van der Waals surface area contributed by atoms with Gasteiger partial charge in [0, 0.05) is 37.5 Å². The van der Waals surface area contributed by atoms with Crippen molar-refractivity contribution in [2.45, 2.75) is 6.92 Å². The Bertz CT molecular complexity index is 1770. The molecule has 0 bridgehead atoms. The number of non-ortho nitro benzene ring substituents is 1. The Kier molecular flexibility index (Phi) is 10.9. The van der Waals surface area contributed by atoms with Crippen LogP contribution in [0, 0.1) is 10.1 Å². The Morgan fingerprint density at radius 1 is 0.870 bits per heavy atom. The molecule has 0 aliphatic rings. The van der Waals surface area contributed by atoms with Gasteiger partial charge in [0.1, 0.15) is 5.70 Å². The van der Waals surface area contributed by atoms with E-state index in [0.29, 0.717) is 16.7 Å². The maximum absolute atomic E-state index is 13.2. The third kappa shape index (κ3) is 8.86. The van der Waals surface area contributed by atoms with E-state index in [1.165, 1.54) is 36.5 Å². The molecule has 0 aliphatic carbocycles. The molecule has 0 fully saturated rings. The molecule has 2 amide bonds. The number of esters is 1. The van der Waals surface area contributed by atoms with Gasteiger partial charge in [-0.05, 0) is 78.7 Å². The third-order valence-corrected chi connectivity index (χ3v) is 6.41. The SMILES string of the molecule is CCOc1cc(/C=N/NC(=O)/C(=C/c2ccc(N(C)C)cc2)NC(=O)c2ccccc2)ccc1OC(=O)c1ccc([N+](=O)[O-])cc1. The molecule has 0 aliphatic heterocycles. The highest BCUT2D eigenvalue weighted by atomic mass is 16.6. The maximum Gasteiger partial charge on any atom is 0.343 e. The lowest BCUT2D eigenvalue weighted by Gasteiger charge is -2.13. The van der Waals surface area contributed by atoms with Crippen LogP contribution in [-0.2, 0) is 4.79 Å². The normalized spacial score (nSPS) is 11.1. The number of nitrogens with zero attached hydrogens (tertiary/aromatic N) is 3. The van der Waals surface area contributed by atoms with Gasteiger partial charge in [0.15, 0.2) is 11.5 Å². The maximum atomic E-state index is 13.2. The third-order valence-electron chi connectivity index (χ3n) is 6.41. The number of rotatable bonds is 12. The number of hydrogen-bond acceptors (Lipinski definition) is 9. The number of ether oxygens (including phenoxy) is 2. The number of hydrogen-bond donors (Lipinski definition) is 2. The smallest absolute Gasteiger partial charge is 0.343 e. The molecule has 0 radical (unpaired) electrons. The number of hydrazone groups is 1. The Labute approximate surface area is 265 Å². The quantitative estimate of drug-likeness (QED) is 0.0547. The summed E-state index contributed by atoms with van der Waals surface area (Å²) in [7, 11) is 3.84. The van der Waals surface area contributed by atoms with Crippen molar-refractivity contribution in [1.29, 1.82) is 0 Å². The number of nitro benzene ring substituents is 1. The summed E-state index contributed by atoms with van der Waals surface area (Å²) in [5.74, 6) is -1.48. The van der Waals surface area contributed by atoms with Crippen LogP contribution in [0.1, 0.15) is 38.8 Å². The molecule has 4 aromatic carbocycles. The van der Waals surface area contributed by atoms with E-state index < -0.39 is 22.7 Å².